The topological polar surface area (TPSA) is 0 Å². The zero-order valence-electron chi connectivity index (χ0n) is 7.91. The molecule has 0 heteroatoms. The van der Waals surface area contributed by atoms with E-state index in [0.29, 0.717) is 0 Å². The monoisotopic (exact) mass is 150 g/mol. The highest BCUT2D eigenvalue weighted by molar-refractivity contribution is 5.07. The molecule has 62 valence electrons. The van der Waals surface area contributed by atoms with Crippen molar-refractivity contribution >= 4 is 0 Å². The zero-order chi connectivity index (χ0) is 8.53. The van der Waals surface area contributed by atoms with Crippen LogP contribution in [0.25, 0.3) is 0 Å². The van der Waals surface area contributed by atoms with Gasteiger partial charge in [-0.2, -0.15) is 0 Å². The van der Waals surface area contributed by atoms with Gasteiger partial charge in [0, 0.05) is 12.8 Å². The van der Waals surface area contributed by atoms with Gasteiger partial charge in [-0.1, -0.05) is 30.9 Å². The lowest BCUT2D eigenvalue weighted by atomic mass is 10.2. The van der Waals surface area contributed by atoms with E-state index in [9.17, 15) is 0 Å². The van der Waals surface area contributed by atoms with Gasteiger partial charge in [-0.3, -0.25) is 0 Å². The normalized spacial score (nSPS) is 8.27. The molecule has 0 nitrogen and oxygen atoms in total. The summed E-state index contributed by atoms with van der Waals surface area (Å²) in [6.45, 7) is 6.40. The number of hydrogen-bond acceptors (Lipinski definition) is 0. The molecule has 0 N–H and O–H groups in total. The summed E-state index contributed by atoms with van der Waals surface area (Å²) in [6, 6.07) is 0. The molecule has 0 rings (SSSR count). The van der Waals surface area contributed by atoms with Crippen molar-refractivity contribution in [3.05, 3.63) is 11.6 Å². The van der Waals surface area contributed by atoms with Crippen LogP contribution in [-0.2, 0) is 0 Å². The molecule has 0 saturated heterocycles. The standard InChI is InChI=1S/C11H18/c1-4-5-6-7-8-9-10-11(2)3/h10H,4-6,9H2,1-3H3. The third-order valence-electron chi connectivity index (χ3n) is 1.39. The molecule has 0 aromatic rings. The summed E-state index contributed by atoms with van der Waals surface area (Å²) < 4.78 is 0. The predicted octanol–water partition coefficient (Wildman–Crippen LogP) is 3.54. The van der Waals surface area contributed by atoms with Crippen molar-refractivity contribution in [2.45, 2.75) is 46.5 Å². The van der Waals surface area contributed by atoms with E-state index in [0.717, 1.165) is 12.8 Å². The van der Waals surface area contributed by atoms with E-state index in [-0.39, 0.29) is 0 Å². The van der Waals surface area contributed by atoms with Crippen molar-refractivity contribution in [2.24, 2.45) is 0 Å². The minimum absolute atomic E-state index is 0.923. The van der Waals surface area contributed by atoms with E-state index < -0.39 is 0 Å². The maximum absolute atomic E-state index is 3.15. The fourth-order valence-electron chi connectivity index (χ4n) is 0.681. The van der Waals surface area contributed by atoms with Gasteiger partial charge in [0.15, 0.2) is 0 Å². The molecular weight excluding hydrogens is 132 g/mol. The van der Waals surface area contributed by atoms with Gasteiger partial charge >= 0.3 is 0 Å². The third-order valence-corrected chi connectivity index (χ3v) is 1.39. The van der Waals surface area contributed by atoms with Crippen LogP contribution in [0.4, 0.5) is 0 Å². The number of allylic oxidation sites excluding steroid dienone is 2. The number of unbranched alkanes of at least 4 members (excludes halogenated alkanes) is 2. The van der Waals surface area contributed by atoms with Gasteiger partial charge in [-0.25, -0.2) is 0 Å². The molecule has 0 atom stereocenters. The fourth-order valence-corrected chi connectivity index (χ4v) is 0.681. The maximum atomic E-state index is 3.15. The summed E-state index contributed by atoms with van der Waals surface area (Å²) in [5, 5.41) is 0. The molecular formula is C11H18. The van der Waals surface area contributed by atoms with Gasteiger partial charge in [0.25, 0.3) is 0 Å². The molecule has 0 bridgehead atoms. The van der Waals surface area contributed by atoms with Gasteiger partial charge in [0.1, 0.15) is 0 Å². The Kier molecular flexibility index (Phi) is 6.94. The Morgan fingerprint density at radius 1 is 1.27 bits per heavy atom. The third kappa shape index (κ3) is 9.30. The Morgan fingerprint density at radius 3 is 2.55 bits per heavy atom. The number of rotatable bonds is 3. The highest BCUT2D eigenvalue weighted by Crippen LogP contribution is 1.93. The fraction of sp³-hybridized carbons (Fsp3) is 0.636. The smallest absolute Gasteiger partial charge is 0.0272 e. The second kappa shape index (κ2) is 7.41. The average molecular weight is 150 g/mol. The van der Waals surface area contributed by atoms with Crippen LogP contribution >= 0.6 is 0 Å². The summed E-state index contributed by atoms with van der Waals surface area (Å²) >= 11 is 0. The minimum Gasteiger partial charge on any atom is -0.103 e. The van der Waals surface area contributed by atoms with Crippen LogP contribution in [0.2, 0.25) is 0 Å². The molecule has 0 aliphatic rings. The van der Waals surface area contributed by atoms with E-state index in [2.05, 4.69) is 38.7 Å². The van der Waals surface area contributed by atoms with Crippen molar-refractivity contribution < 1.29 is 0 Å². The maximum Gasteiger partial charge on any atom is 0.0272 e. The summed E-state index contributed by atoms with van der Waals surface area (Å²) in [4.78, 5) is 0. The first kappa shape index (κ1) is 10.3. The largest absolute Gasteiger partial charge is 0.103 e. The molecule has 0 saturated carbocycles. The Bertz CT molecular complexity index is 160. The lowest BCUT2D eigenvalue weighted by Gasteiger charge is -1.84. The van der Waals surface area contributed by atoms with Crippen LogP contribution in [0.1, 0.15) is 46.5 Å². The average Bonchev–Trinajstić information content (AvgIpc) is 1.96. The first-order valence-corrected chi connectivity index (χ1v) is 4.36. The molecule has 11 heavy (non-hydrogen) atoms. The molecule has 0 aliphatic heterocycles. The molecule has 0 amide bonds. The molecule has 0 unspecified atom stereocenters. The van der Waals surface area contributed by atoms with Crippen molar-refractivity contribution in [1.82, 2.24) is 0 Å². The van der Waals surface area contributed by atoms with Crippen molar-refractivity contribution in [2.75, 3.05) is 0 Å². The van der Waals surface area contributed by atoms with Crippen LogP contribution in [0.15, 0.2) is 11.6 Å². The van der Waals surface area contributed by atoms with Crippen molar-refractivity contribution in [3.8, 4) is 11.8 Å². The molecule has 0 radical (unpaired) electrons. The highest BCUT2D eigenvalue weighted by Gasteiger charge is 1.76. The Balaban J connectivity index is 3.33. The second-order valence-corrected chi connectivity index (χ2v) is 2.94. The highest BCUT2D eigenvalue weighted by atomic mass is 13.8. The van der Waals surface area contributed by atoms with E-state index in [1.165, 1.54) is 18.4 Å². The van der Waals surface area contributed by atoms with Crippen molar-refractivity contribution in [1.29, 1.82) is 0 Å². The molecule has 0 aromatic heterocycles. The van der Waals surface area contributed by atoms with Crippen molar-refractivity contribution in [3.63, 3.8) is 0 Å². The Labute approximate surface area is 70.7 Å². The summed E-state index contributed by atoms with van der Waals surface area (Å²) in [6.07, 6.45) is 6.64. The van der Waals surface area contributed by atoms with Crippen LogP contribution in [0, 0.1) is 11.8 Å². The summed E-state index contributed by atoms with van der Waals surface area (Å²) in [5.74, 6) is 6.27. The van der Waals surface area contributed by atoms with Crippen LogP contribution in [0.3, 0.4) is 0 Å². The minimum atomic E-state index is 0.923. The van der Waals surface area contributed by atoms with E-state index in [1.807, 2.05) is 0 Å². The molecule has 0 spiro atoms. The summed E-state index contributed by atoms with van der Waals surface area (Å²) in [5.41, 5.74) is 1.36. The van der Waals surface area contributed by atoms with Gasteiger partial charge in [-0.05, 0) is 20.3 Å². The molecule has 0 aliphatic carbocycles. The number of hydrogen-bond donors (Lipinski definition) is 0. The first-order chi connectivity index (χ1) is 5.27. The lowest BCUT2D eigenvalue weighted by Crippen LogP contribution is -1.68. The van der Waals surface area contributed by atoms with Gasteiger partial charge in [-0.15, -0.1) is 5.92 Å². The summed E-state index contributed by atoms with van der Waals surface area (Å²) in [7, 11) is 0. The predicted molar refractivity (Wildman–Crippen MR) is 51.3 cm³/mol. The quantitative estimate of drug-likeness (QED) is 0.328. The Morgan fingerprint density at radius 2 is 2.00 bits per heavy atom. The second-order valence-electron chi connectivity index (χ2n) is 2.94. The van der Waals surface area contributed by atoms with E-state index in [1.54, 1.807) is 0 Å². The first-order valence-electron chi connectivity index (χ1n) is 4.36. The lowest BCUT2D eigenvalue weighted by molar-refractivity contribution is 0.827. The molecule has 0 fully saturated rings. The Hall–Kier alpha value is -0.700. The van der Waals surface area contributed by atoms with Gasteiger partial charge in [0.2, 0.25) is 0 Å². The van der Waals surface area contributed by atoms with Crippen LogP contribution in [0.5, 0.6) is 0 Å². The van der Waals surface area contributed by atoms with E-state index >= 15 is 0 Å². The molecule has 0 aromatic carbocycles. The van der Waals surface area contributed by atoms with Crippen LogP contribution < -0.4 is 0 Å². The van der Waals surface area contributed by atoms with Gasteiger partial charge in [0.05, 0.1) is 0 Å². The SMILES string of the molecule is CCCCC#CCC=C(C)C. The van der Waals surface area contributed by atoms with Crippen LogP contribution in [-0.4, -0.2) is 0 Å². The molecule has 0 heterocycles. The van der Waals surface area contributed by atoms with E-state index in [4.69, 9.17) is 0 Å². The van der Waals surface area contributed by atoms with Gasteiger partial charge < -0.3 is 0 Å². The zero-order valence-corrected chi connectivity index (χ0v) is 7.91.